The summed E-state index contributed by atoms with van der Waals surface area (Å²) >= 11 is 1.64. The number of imidazole rings is 1. The van der Waals surface area contributed by atoms with Crippen LogP contribution in [0.5, 0.6) is 0 Å². The number of benzene rings is 1. The Kier molecular flexibility index (Phi) is 5.64. The highest BCUT2D eigenvalue weighted by Gasteiger charge is 2.24. The van der Waals surface area contributed by atoms with Crippen LogP contribution in [0.4, 0.5) is 0 Å². The van der Waals surface area contributed by atoms with Crippen LogP contribution in [0, 0.1) is 0 Å². The molecule has 1 unspecified atom stereocenters. The van der Waals surface area contributed by atoms with Gasteiger partial charge in [-0.15, -0.1) is 11.3 Å². The minimum absolute atomic E-state index is 0.0461. The van der Waals surface area contributed by atoms with E-state index < -0.39 is 0 Å². The van der Waals surface area contributed by atoms with Gasteiger partial charge in [-0.1, -0.05) is 18.2 Å². The first-order chi connectivity index (χ1) is 13.7. The minimum Gasteiger partial charge on any atom is -0.376 e. The Labute approximate surface area is 167 Å². The number of amides is 1. The molecule has 1 amide bonds. The summed E-state index contributed by atoms with van der Waals surface area (Å²) in [4.78, 5) is 29.1. The van der Waals surface area contributed by atoms with E-state index in [4.69, 9.17) is 4.74 Å². The van der Waals surface area contributed by atoms with Crippen LogP contribution in [0.25, 0.3) is 11.0 Å². The molecule has 0 saturated carbocycles. The number of aryl methyl sites for hydroxylation is 1. The molecule has 148 valence electrons. The quantitative estimate of drug-likeness (QED) is 0.613. The molecule has 1 aliphatic rings. The van der Waals surface area contributed by atoms with Crippen molar-refractivity contribution >= 4 is 28.3 Å². The van der Waals surface area contributed by atoms with Crippen LogP contribution in [0.1, 0.15) is 24.6 Å². The van der Waals surface area contributed by atoms with Crippen molar-refractivity contribution in [3.8, 4) is 0 Å². The topological polar surface area (TPSA) is 56.5 Å². The van der Waals surface area contributed by atoms with Crippen molar-refractivity contribution in [2.45, 2.75) is 45.5 Å². The van der Waals surface area contributed by atoms with Crippen LogP contribution in [0.2, 0.25) is 0 Å². The van der Waals surface area contributed by atoms with Crippen molar-refractivity contribution in [3.05, 3.63) is 57.1 Å². The number of fused-ring (bicyclic) bond motifs is 1. The van der Waals surface area contributed by atoms with E-state index in [1.165, 1.54) is 0 Å². The molecule has 4 rings (SSSR count). The third-order valence-corrected chi connectivity index (χ3v) is 6.12. The molecule has 28 heavy (non-hydrogen) atoms. The fourth-order valence-corrected chi connectivity index (χ4v) is 4.56. The first kappa shape index (κ1) is 19.0. The van der Waals surface area contributed by atoms with Crippen molar-refractivity contribution in [1.82, 2.24) is 14.0 Å². The summed E-state index contributed by atoms with van der Waals surface area (Å²) in [6.07, 6.45) is 2.09. The first-order valence-corrected chi connectivity index (χ1v) is 10.6. The Morgan fingerprint density at radius 1 is 1.21 bits per heavy atom. The molecule has 7 heteroatoms. The molecule has 2 aromatic heterocycles. The van der Waals surface area contributed by atoms with Gasteiger partial charge in [0.1, 0.15) is 6.54 Å². The lowest BCUT2D eigenvalue weighted by Gasteiger charge is -2.25. The number of thiophene rings is 1. The average Bonchev–Trinajstić information content (AvgIpc) is 3.44. The lowest BCUT2D eigenvalue weighted by atomic mass is 10.2. The van der Waals surface area contributed by atoms with Crippen LogP contribution in [0.15, 0.2) is 46.6 Å². The number of carbonyl (C=O) groups excluding carboxylic acids is 1. The Balaban J connectivity index is 1.61. The second-order valence-corrected chi connectivity index (χ2v) is 8.12. The van der Waals surface area contributed by atoms with E-state index in [2.05, 4.69) is 0 Å². The SMILES string of the molecule is CCn1c(=O)n(CC(=O)N(Cc2cccs2)CC2CCCO2)c2ccccc21. The monoisotopic (exact) mass is 399 g/mol. The number of nitrogens with zero attached hydrogens (tertiary/aromatic N) is 3. The van der Waals surface area contributed by atoms with Crippen molar-refractivity contribution in [2.75, 3.05) is 13.2 Å². The zero-order valence-electron chi connectivity index (χ0n) is 16.0. The predicted molar refractivity (Wildman–Crippen MR) is 111 cm³/mol. The van der Waals surface area contributed by atoms with Crippen LogP contribution >= 0.6 is 11.3 Å². The van der Waals surface area contributed by atoms with E-state index in [-0.39, 0.29) is 24.2 Å². The number of hydrogen-bond acceptors (Lipinski definition) is 4. The molecular formula is C21H25N3O3S. The van der Waals surface area contributed by atoms with Gasteiger partial charge < -0.3 is 9.64 Å². The molecule has 0 spiro atoms. The summed E-state index contributed by atoms with van der Waals surface area (Å²) in [5.74, 6) is -0.0509. The molecule has 6 nitrogen and oxygen atoms in total. The van der Waals surface area contributed by atoms with Gasteiger partial charge in [-0.05, 0) is 43.3 Å². The van der Waals surface area contributed by atoms with Crippen LogP contribution in [-0.2, 0) is 29.2 Å². The fraction of sp³-hybridized carbons (Fsp3) is 0.429. The zero-order valence-corrected chi connectivity index (χ0v) is 16.9. The molecule has 1 atom stereocenters. The third-order valence-electron chi connectivity index (χ3n) is 5.26. The lowest BCUT2D eigenvalue weighted by Crippen LogP contribution is -2.40. The van der Waals surface area contributed by atoms with Gasteiger partial charge in [-0.3, -0.25) is 13.9 Å². The summed E-state index contributed by atoms with van der Waals surface area (Å²) in [6.45, 7) is 4.45. The highest BCUT2D eigenvalue weighted by molar-refractivity contribution is 7.09. The van der Waals surface area contributed by atoms with Gasteiger partial charge >= 0.3 is 5.69 Å². The molecule has 0 bridgehead atoms. The van der Waals surface area contributed by atoms with E-state index in [0.29, 0.717) is 19.6 Å². The smallest absolute Gasteiger partial charge is 0.329 e. The summed E-state index contributed by atoms with van der Waals surface area (Å²) in [5.41, 5.74) is 1.54. The highest BCUT2D eigenvalue weighted by Crippen LogP contribution is 2.19. The molecule has 1 fully saturated rings. The van der Waals surface area contributed by atoms with E-state index in [1.807, 2.05) is 53.6 Å². The fourth-order valence-electron chi connectivity index (χ4n) is 3.85. The van der Waals surface area contributed by atoms with E-state index in [0.717, 1.165) is 35.4 Å². The lowest BCUT2D eigenvalue weighted by molar-refractivity contribution is -0.134. The number of ether oxygens (including phenoxy) is 1. The minimum atomic E-state index is -0.134. The Morgan fingerprint density at radius 3 is 2.64 bits per heavy atom. The average molecular weight is 400 g/mol. The maximum Gasteiger partial charge on any atom is 0.329 e. The third kappa shape index (κ3) is 3.77. The van der Waals surface area contributed by atoms with Gasteiger partial charge in [0.15, 0.2) is 0 Å². The zero-order chi connectivity index (χ0) is 19.5. The second kappa shape index (κ2) is 8.32. The molecule has 1 aromatic carbocycles. The molecule has 1 saturated heterocycles. The predicted octanol–water partition coefficient (Wildman–Crippen LogP) is 3.09. The van der Waals surface area contributed by atoms with E-state index >= 15 is 0 Å². The van der Waals surface area contributed by atoms with Gasteiger partial charge in [-0.2, -0.15) is 0 Å². The number of carbonyl (C=O) groups is 1. The molecular weight excluding hydrogens is 374 g/mol. The van der Waals surface area contributed by atoms with Gasteiger partial charge in [0.2, 0.25) is 5.91 Å². The molecule has 0 aliphatic carbocycles. The van der Waals surface area contributed by atoms with E-state index in [1.54, 1.807) is 20.5 Å². The van der Waals surface area contributed by atoms with Gasteiger partial charge in [0.05, 0.1) is 23.7 Å². The number of rotatable bonds is 7. The number of para-hydroxylation sites is 2. The molecule has 3 heterocycles. The Hall–Kier alpha value is -2.38. The molecule has 1 aliphatic heterocycles. The summed E-state index contributed by atoms with van der Waals surface area (Å²) in [7, 11) is 0. The summed E-state index contributed by atoms with van der Waals surface area (Å²) in [5, 5.41) is 2.02. The van der Waals surface area contributed by atoms with Crippen LogP contribution in [-0.4, -0.2) is 39.2 Å². The summed E-state index contributed by atoms with van der Waals surface area (Å²) in [6, 6.07) is 11.7. The standard InChI is InChI=1S/C21H25N3O3S/c1-2-23-18-9-3-4-10-19(18)24(21(23)26)15-20(25)22(13-16-7-5-11-27-16)14-17-8-6-12-28-17/h3-4,6,8-10,12,16H,2,5,7,11,13-15H2,1H3. The molecule has 0 radical (unpaired) electrons. The van der Waals surface area contributed by atoms with Gasteiger partial charge in [0.25, 0.3) is 0 Å². The normalized spacial score (nSPS) is 16.7. The second-order valence-electron chi connectivity index (χ2n) is 7.09. The maximum absolute atomic E-state index is 13.2. The van der Waals surface area contributed by atoms with Crippen molar-refractivity contribution in [1.29, 1.82) is 0 Å². The van der Waals surface area contributed by atoms with Crippen LogP contribution in [0.3, 0.4) is 0 Å². The molecule has 3 aromatic rings. The number of aromatic nitrogens is 2. The first-order valence-electron chi connectivity index (χ1n) is 9.77. The highest BCUT2D eigenvalue weighted by atomic mass is 32.1. The summed E-state index contributed by atoms with van der Waals surface area (Å²) < 4.78 is 9.07. The van der Waals surface area contributed by atoms with Crippen molar-refractivity contribution in [3.63, 3.8) is 0 Å². The Morgan fingerprint density at radius 2 is 2.00 bits per heavy atom. The van der Waals surface area contributed by atoms with Crippen molar-refractivity contribution < 1.29 is 9.53 Å². The molecule has 0 N–H and O–H groups in total. The van der Waals surface area contributed by atoms with Crippen LogP contribution < -0.4 is 5.69 Å². The van der Waals surface area contributed by atoms with Crippen molar-refractivity contribution in [2.24, 2.45) is 0 Å². The van der Waals surface area contributed by atoms with Gasteiger partial charge in [0, 0.05) is 24.6 Å². The maximum atomic E-state index is 13.2. The largest absolute Gasteiger partial charge is 0.376 e. The van der Waals surface area contributed by atoms with E-state index in [9.17, 15) is 9.59 Å². The Bertz CT molecular complexity index is 1000. The number of hydrogen-bond donors (Lipinski definition) is 0. The van der Waals surface area contributed by atoms with Gasteiger partial charge in [-0.25, -0.2) is 4.79 Å².